The van der Waals surface area contributed by atoms with Gasteiger partial charge in [0.15, 0.2) is 0 Å². The van der Waals surface area contributed by atoms with Crippen LogP contribution in [0.3, 0.4) is 0 Å². The second-order valence-corrected chi connectivity index (χ2v) is 4.13. The van der Waals surface area contributed by atoms with Gasteiger partial charge in [-0.3, -0.25) is 4.79 Å². The van der Waals surface area contributed by atoms with Gasteiger partial charge in [-0.15, -0.1) is 0 Å². The zero-order valence-corrected chi connectivity index (χ0v) is 9.66. The number of carbonyl (C=O) groups is 1. The maximum atomic E-state index is 11.6. The first kappa shape index (κ1) is 12.5. The van der Waals surface area contributed by atoms with Crippen LogP contribution in [0.15, 0.2) is 0 Å². The molecule has 1 amide bonds. The first-order valence-electron chi connectivity index (χ1n) is 5.69. The topological polar surface area (TPSA) is 49.8 Å². The van der Waals surface area contributed by atoms with Crippen LogP contribution in [0.25, 0.3) is 0 Å². The minimum Gasteiger partial charge on any atom is -0.386 e. The Morgan fingerprint density at radius 1 is 1.47 bits per heavy atom. The van der Waals surface area contributed by atoms with Gasteiger partial charge in [0.2, 0.25) is 5.91 Å². The van der Waals surface area contributed by atoms with Crippen LogP contribution in [-0.4, -0.2) is 47.8 Å². The molecule has 0 spiro atoms. The van der Waals surface area contributed by atoms with Crippen LogP contribution in [-0.2, 0) is 9.53 Å². The van der Waals surface area contributed by atoms with Crippen molar-refractivity contribution >= 4 is 5.91 Å². The fraction of sp³-hybridized carbons (Fsp3) is 0.909. The molecule has 0 saturated carbocycles. The van der Waals surface area contributed by atoms with Gasteiger partial charge in [-0.2, -0.15) is 0 Å². The van der Waals surface area contributed by atoms with E-state index in [9.17, 15) is 9.90 Å². The first-order chi connectivity index (χ1) is 7.11. The Labute approximate surface area is 91.2 Å². The van der Waals surface area contributed by atoms with E-state index in [1.807, 2.05) is 13.8 Å². The molecule has 0 aliphatic carbocycles. The van der Waals surface area contributed by atoms with Gasteiger partial charge in [0.25, 0.3) is 0 Å². The van der Waals surface area contributed by atoms with Crippen molar-refractivity contribution in [3.8, 4) is 0 Å². The molecule has 0 atom stereocenters. The van der Waals surface area contributed by atoms with Gasteiger partial charge in [-0.05, 0) is 19.8 Å². The highest BCUT2D eigenvalue weighted by Crippen LogP contribution is 2.24. The molecular formula is C11H21NO3. The third-order valence-corrected chi connectivity index (χ3v) is 2.86. The van der Waals surface area contributed by atoms with Crippen molar-refractivity contribution in [3.05, 3.63) is 0 Å². The standard InChI is InChI=1S/C11H21NO3/c1-3-11(14)8-12(9-11)10(13)6-5-7-15-4-2/h14H,3-9H2,1-2H3. The van der Waals surface area contributed by atoms with Crippen molar-refractivity contribution in [2.75, 3.05) is 26.3 Å². The number of hydrogen-bond acceptors (Lipinski definition) is 3. The fourth-order valence-corrected chi connectivity index (χ4v) is 1.69. The van der Waals surface area contributed by atoms with E-state index < -0.39 is 5.60 Å². The lowest BCUT2D eigenvalue weighted by atomic mass is 9.91. The minimum absolute atomic E-state index is 0.132. The normalized spacial score (nSPS) is 18.7. The highest BCUT2D eigenvalue weighted by atomic mass is 16.5. The van der Waals surface area contributed by atoms with E-state index >= 15 is 0 Å². The van der Waals surface area contributed by atoms with Crippen molar-refractivity contribution < 1.29 is 14.6 Å². The third kappa shape index (κ3) is 3.47. The number of carbonyl (C=O) groups excluding carboxylic acids is 1. The number of ether oxygens (including phenoxy) is 1. The largest absolute Gasteiger partial charge is 0.386 e. The number of nitrogens with zero attached hydrogens (tertiary/aromatic N) is 1. The maximum Gasteiger partial charge on any atom is 0.222 e. The molecule has 1 aliphatic heterocycles. The quantitative estimate of drug-likeness (QED) is 0.666. The van der Waals surface area contributed by atoms with Crippen molar-refractivity contribution in [3.63, 3.8) is 0 Å². The highest BCUT2D eigenvalue weighted by Gasteiger charge is 2.41. The van der Waals surface area contributed by atoms with Gasteiger partial charge < -0.3 is 14.7 Å². The van der Waals surface area contributed by atoms with E-state index in [4.69, 9.17) is 4.74 Å². The molecule has 15 heavy (non-hydrogen) atoms. The van der Waals surface area contributed by atoms with Gasteiger partial charge in [-0.1, -0.05) is 6.92 Å². The zero-order valence-electron chi connectivity index (χ0n) is 9.66. The lowest BCUT2D eigenvalue weighted by Gasteiger charge is -2.46. The molecule has 1 heterocycles. The summed E-state index contributed by atoms with van der Waals surface area (Å²) in [4.78, 5) is 13.3. The summed E-state index contributed by atoms with van der Waals surface area (Å²) < 4.78 is 5.16. The van der Waals surface area contributed by atoms with E-state index in [-0.39, 0.29) is 5.91 Å². The molecule has 0 unspecified atom stereocenters. The van der Waals surface area contributed by atoms with E-state index in [1.165, 1.54) is 0 Å². The average molecular weight is 215 g/mol. The summed E-state index contributed by atoms with van der Waals surface area (Å²) in [5, 5.41) is 9.73. The molecule has 0 aromatic carbocycles. The second kappa shape index (κ2) is 5.47. The zero-order chi connectivity index (χ0) is 11.3. The molecule has 1 fully saturated rings. The Balaban J connectivity index is 2.10. The number of aliphatic hydroxyl groups is 1. The van der Waals surface area contributed by atoms with Crippen LogP contribution in [0, 0.1) is 0 Å². The average Bonchev–Trinajstić information content (AvgIpc) is 2.19. The Kier molecular flexibility index (Phi) is 4.54. The first-order valence-corrected chi connectivity index (χ1v) is 5.69. The Morgan fingerprint density at radius 2 is 2.13 bits per heavy atom. The highest BCUT2D eigenvalue weighted by molar-refractivity contribution is 5.77. The van der Waals surface area contributed by atoms with E-state index in [2.05, 4.69) is 0 Å². The van der Waals surface area contributed by atoms with Gasteiger partial charge >= 0.3 is 0 Å². The van der Waals surface area contributed by atoms with E-state index in [0.29, 0.717) is 32.7 Å². The van der Waals surface area contributed by atoms with Crippen molar-refractivity contribution in [1.82, 2.24) is 4.90 Å². The number of hydrogen-bond donors (Lipinski definition) is 1. The summed E-state index contributed by atoms with van der Waals surface area (Å²) in [5.74, 6) is 0.132. The third-order valence-electron chi connectivity index (χ3n) is 2.86. The molecule has 1 rings (SSSR count). The molecule has 1 N–H and O–H groups in total. The molecule has 0 bridgehead atoms. The second-order valence-electron chi connectivity index (χ2n) is 4.13. The molecular weight excluding hydrogens is 194 g/mol. The predicted octanol–water partition coefficient (Wildman–Crippen LogP) is 0.786. The lowest BCUT2D eigenvalue weighted by molar-refractivity contribution is -0.156. The summed E-state index contributed by atoms with van der Waals surface area (Å²) in [6.07, 6.45) is 2.02. The molecule has 1 saturated heterocycles. The minimum atomic E-state index is -0.615. The van der Waals surface area contributed by atoms with Gasteiger partial charge in [-0.25, -0.2) is 0 Å². The van der Waals surface area contributed by atoms with Crippen LogP contribution in [0.5, 0.6) is 0 Å². The number of β-amino-alcohol motifs (C(OH)–C–C–N with tert-alkyl or cyclic N) is 1. The molecule has 0 aromatic rings. The molecule has 1 aliphatic rings. The lowest BCUT2D eigenvalue weighted by Crippen LogP contribution is -2.63. The smallest absolute Gasteiger partial charge is 0.222 e. The van der Waals surface area contributed by atoms with E-state index in [1.54, 1.807) is 4.90 Å². The van der Waals surface area contributed by atoms with Crippen molar-refractivity contribution in [2.45, 2.75) is 38.7 Å². The molecule has 0 aromatic heterocycles. The van der Waals surface area contributed by atoms with E-state index in [0.717, 1.165) is 12.8 Å². The number of rotatable bonds is 6. The van der Waals surface area contributed by atoms with Crippen molar-refractivity contribution in [1.29, 1.82) is 0 Å². The van der Waals surface area contributed by atoms with Gasteiger partial charge in [0, 0.05) is 19.6 Å². The summed E-state index contributed by atoms with van der Waals surface area (Å²) >= 11 is 0. The Bertz CT molecular complexity index is 212. The molecule has 88 valence electrons. The van der Waals surface area contributed by atoms with Crippen LogP contribution in [0.4, 0.5) is 0 Å². The monoisotopic (exact) mass is 215 g/mol. The van der Waals surface area contributed by atoms with Gasteiger partial charge in [0.1, 0.15) is 0 Å². The SMILES string of the molecule is CCOCCCC(=O)N1CC(O)(CC)C1. The van der Waals surface area contributed by atoms with Crippen molar-refractivity contribution in [2.24, 2.45) is 0 Å². The summed E-state index contributed by atoms with van der Waals surface area (Å²) in [5.41, 5.74) is -0.615. The van der Waals surface area contributed by atoms with Crippen LogP contribution in [0.2, 0.25) is 0 Å². The molecule has 0 radical (unpaired) electrons. The fourth-order valence-electron chi connectivity index (χ4n) is 1.69. The maximum absolute atomic E-state index is 11.6. The summed E-state index contributed by atoms with van der Waals surface area (Å²) in [7, 11) is 0. The molecule has 4 heteroatoms. The Morgan fingerprint density at radius 3 is 2.67 bits per heavy atom. The molecule has 4 nitrogen and oxygen atoms in total. The Hall–Kier alpha value is -0.610. The summed E-state index contributed by atoms with van der Waals surface area (Å²) in [6, 6.07) is 0. The van der Waals surface area contributed by atoms with Crippen LogP contribution < -0.4 is 0 Å². The van der Waals surface area contributed by atoms with Crippen LogP contribution in [0.1, 0.15) is 33.1 Å². The van der Waals surface area contributed by atoms with Gasteiger partial charge in [0.05, 0.1) is 18.7 Å². The predicted molar refractivity (Wildman–Crippen MR) is 57.5 cm³/mol. The number of likely N-dealkylation sites (tertiary alicyclic amines) is 1. The van der Waals surface area contributed by atoms with Crippen LogP contribution >= 0.6 is 0 Å². The summed E-state index contributed by atoms with van der Waals surface area (Å²) in [6.45, 7) is 6.23. The number of amides is 1.